The summed E-state index contributed by atoms with van der Waals surface area (Å²) >= 11 is 0. The molecule has 0 aliphatic heterocycles. The van der Waals surface area contributed by atoms with Gasteiger partial charge in [0.15, 0.2) is 15.1 Å². The number of aryl methyl sites for hydroxylation is 8. The number of nitrogens with zero attached hydrogens (tertiary/aromatic N) is 8. The molecule has 11 heteroatoms. The molecule has 1 radical (unpaired) electrons. The van der Waals surface area contributed by atoms with Crippen LogP contribution in [0.4, 0.5) is 0 Å². The SMILES string of the molecule is Cc1cc(C)n([BH2-]n2nc(C)cc2C)n1.Cc1cc(C)n([BH2-]n2nc(C)cc2C)n1.[Co+2]. The third kappa shape index (κ3) is 6.24. The van der Waals surface area contributed by atoms with Crippen LogP contribution >= 0.6 is 0 Å². The molecule has 31 heavy (non-hydrogen) atoms. The molecule has 4 aromatic heterocycles. The fourth-order valence-electron chi connectivity index (χ4n) is 4.13. The van der Waals surface area contributed by atoms with E-state index in [9.17, 15) is 0 Å². The van der Waals surface area contributed by atoms with Gasteiger partial charge in [-0.3, -0.25) is 0 Å². The van der Waals surface area contributed by atoms with Crippen LogP contribution in [-0.4, -0.2) is 53.9 Å². The first-order valence-corrected chi connectivity index (χ1v) is 10.7. The number of aromatic nitrogens is 8. The molecular formula is C20H32B2CoN8. The third-order valence-electron chi connectivity index (χ3n) is 5.70. The molecule has 0 spiro atoms. The zero-order valence-corrected chi connectivity index (χ0v) is 21.3. The van der Waals surface area contributed by atoms with Crippen LogP contribution in [0.15, 0.2) is 24.3 Å². The summed E-state index contributed by atoms with van der Waals surface area (Å²) in [5, 5.41) is 17.9. The quantitative estimate of drug-likeness (QED) is 0.428. The zero-order valence-electron chi connectivity index (χ0n) is 20.2. The average molecular weight is 465 g/mol. The van der Waals surface area contributed by atoms with Crippen molar-refractivity contribution in [2.24, 2.45) is 0 Å². The van der Waals surface area contributed by atoms with Crippen molar-refractivity contribution in [2.75, 3.05) is 0 Å². The normalized spacial score (nSPS) is 10.6. The average Bonchev–Trinajstić information content (AvgIpc) is 3.32. The summed E-state index contributed by atoms with van der Waals surface area (Å²) in [5.41, 5.74) is 9.21. The molecule has 4 rings (SSSR count). The van der Waals surface area contributed by atoms with Crippen molar-refractivity contribution >= 4 is 15.1 Å². The second-order valence-corrected chi connectivity index (χ2v) is 8.60. The van der Waals surface area contributed by atoms with Crippen molar-refractivity contribution in [2.45, 2.75) is 55.4 Å². The molecule has 8 nitrogen and oxygen atoms in total. The maximum absolute atomic E-state index is 4.47. The van der Waals surface area contributed by atoms with Crippen molar-refractivity contribution in [1.29, 1.82) is 0 Å². The molecule has 4 aromatic rings. The molecule has 0 bridgehead atoms. The van der Waals surface area contributed by atoms with Gasteiger partial charge >= 0.3 is 16.8 Å². The van der Waals surface area contributed by atoms with Gasteiger partial charge in [-0.25, -0.2) is 20.4 Å². The number of hydrogen-bond acceptors (Lipinski definition) is 4. The van der Waals surface area contributed by atoms with Crippen LogP contribution in [0.3, 0.4) is 0 Å². The van der Waals surface area contributed by atoms with Crippen LogP contribution in [0.5, 0.6) is 0 Å². The van der Waals surface area contributed by atoms with E-state index >= 15 is 0 Å². The van der Waals surface area contributed by atoms with E-state index in [1.807, 2.05) is 27.7 Å². The number of rotatable bonds is 4. The van der Waals surface area contributed by atoms with Gasteiger partial charge in [-0.1, -0.05) is 0 Å². The molecule has 167 valence electrons. The van der Waals surface area contributed by atoms with Crippen LogP contribution in [0, 0.1) is 55.4 Å². The first-order chi connectivity index (χ1) is 14.1. The van der Waals surface area contributed by atoms with Crippen LogP contribution in [0.1, 0.15) is 45.6 Å². The van der Waals surface area contributed by atoms with Gasteiger partial charge in [0.05, 0.1) is 22.8 Å². The smallest absolute Gasteiger partial charge is 0.426 e. The Hall–Kier alpha value is -2.52. The van der Waals surface area contributed by atoms with Gasteiger partial charge in [0.25, 0.3) is 0 Å². The van der Waals surface area contributed by atoms with Gasteiger partial charge in [0.2, 0.25) is 0 Å². The van der Waals surface area contributed by atoms with Crippen molar-refractivity contribution in [3.63, 3.8) is 0 Å². The number of hydrogen-bond donors (Lipinski definition) is 0. The molecule has 0 aliphatic rings. The van der Waals surface area contributed by atoms with Crippen molar-refractivity contribution in [3.05, 3.63) is 69.8 Å². The summed E-state index contributed by atoms with van der Waals surface area (Å²) in [6.45, 7) is 16.5. The minimum absolute atomic E-state index is 0. The zero-order chi connectivity index (χ0) is 22.0. The predicted molar refractivity (Wildman–Crippen MR) is 125 cm³/mol. The van der Waals surface area contributed by atoms with E-state index < -0.39 is 15.1 Å². The third-order valence-corrected chi connectivity index (χ3v) is 5.70. The van der Waals surface area contributed by atoms with Gasteiger partial charge in [-0.05, 0) is 102 Å². The molecule has 0 saturated carbocycles. The first-order valence-electron chi connectivity index (χ1n) is 10.7. The molecule has 0 atom stereocenters. The summed E-state index contributed by atoms with van der Waals surface area (Å²) in [7, 11) is -1.01. The summed E-state index contributed by atoms with van der Waals surface area (Å²) in [6.07, 6.45) is 0. The Labute approximate surface area is 195 Å². The first kappa shape index (κ1) is 24.7. The Balaban J connectivity index is 0.000000213. The van der Waals surface area contributed by atoms with Gasteiger partial charge in [-0.2, -0.15) is 0 Å². The molecule has 0 amide bonds. The summed E-state index contributed by atoms with van der Waals surface area (Å²) < 4.78 is 8.37. The fourth-order valence-corrected chi connectivity index (χ4v) is 4.13. The Morgan fingerprint density at radius 3 is 0.774 bits per heavy atom. The minimum atomic E-state index is -0.506. The second kappa shape index (κ2) is 10.2. The summed E-state index contributed by atoms with van der Waals surface area (Å²) in [6, 6.07) is 8.43. The van der Waals surface area contributed by atoms with E-state index in [0.29, 0.717) is 0 Å². The summed E-state index contributed by atoms with van der Waals surface area (Å²) in [5.74, 6) is 0. The second-order valence-electron chi connectivity index (χ2n) is 8.60. The van der Waals surface area contributed by atoms with Gasteiger partial charge in [0.1, 0.15) is 0 Å². The molecular weight excluding hydrogens is 433 g/mol. The van der Waals surface area contributed by atoms with Crippen LogP contribution < -0.4 is 0 Å². The van der Waals surface area contributed by atoms with E-state index in [4.69, 9.17) is 0 Å². The van der Waals surface area contributed by atoms with Crippen LogP contribution in [0.2, 0.25) is 0 Å². The molecule has 0 unspecified atom stereocenters. The minimum Gasteiger partial charge on any atom is -0.426 e. The van der Waals surface area contributed by atoms with E-state index in [1.165, 1.54) is 22.8 Å². The topological polar surface area (TPSA) is 71.3 Å². The van der Waals surface area contributed by atoms with Gasteiger partial charge in [0, 0.05) is 0 Å². The maximum atomic E-state index is 4.47. The predicted octanol–water partition coefficient (Wildman–Crippen LogP) is 1.41. The Morgan fingerprint density at radius 1 is 0.452 bits per heavy atom. The van der Waals surface area contributed by atoms with Crippen LogP contribution in [-0.2, 0) is 16.8 Å². The van der Waals surface area contributed by atoms with Crippen LogP contribution in [0.25, 0.3) is 0 Å². The molecule has 0 aliphatic carbocycles. The van der Waals surface area contributed by atoms with E-state index in [0.717, 1.165) is 22.8 Å². The molecule has 0 aromatic carbocycles. The van der Waals surface area contributed by atoms with Crippen molar-refractivity contribution < 1.29 is 16.8 Å². The van der Waals surface area contributed by atoms with Gasteiger partial charge < -0.3 is 18.4 Å². The Bertz CT molecular complexity index is 976. The maximum Gasteiger partial charge on any atom is 2.00 e. The molecule has 0 N–H and O–H groups in total. The van der Waals surface area contributed by atoms with E-state index in [-0.39, 0.29) is 16.8 Å². The molecule has 4 heterocycles. The summed E-state index contributed by atoms with van der Waals surface area (Å²) in [4.78, 5) is 0. The Kier molecular flexibility index (Phi) is 8.13. The van der Waals surface area contributed by atoms with Crippen molar-refractivity contribution in [3.8, 4) is 0 Å². The van der Waals surface area contributed by atoms with E-state index in [1.54, 1.807) is 0 Å². The van der Waals surface area contributed by atoms with Gasteiger partial charge in [-0.15, -0.1) is 0 Å². The standard InChI is InChI=1S/2C10H16BN4.Co/c2*1-7-5-9(3)14(12-7)11-15-10(4)6-8(2)13-15;/h2*5-6H,11H2,1-4H3;/q2*-1;+2. The van der Waals surface area contributed by atoms with Crippen molar-refractivity contribution in [1.82, 2.24) is 38.8 Å². The largest absolute Gasteiger partial charge is 2.00 e. The molecule has 0 saturated heterocycles. The monoisotopic (exact) mass is 465 g/mol. The molecule has 0 fully saturated rings. The van der Waals surface area contributed by atoms with E-state index in [2.05, 4.69) is 90.7 Å². The Morgan fingerprint density at radius 2 is 0.645 bits per heavy atom. The fraction of sp³-hybridized carbons (Fsp3) is 0.400.